The van der Waals surface area contributed by atoms with Gasteiger partial charge in [-0.25, -0.2) is 4.79 Å². The van der Waals surface area contributed by atoms with E-state index in [4.69, 9.17) is 18.9 Å². The van der Waals surface area contributed by atoms with Crippen LogP contribution in [0.1, 0.15) is 18.1 Å². The molecule has 0 amide bonds. The van der Waals surface area contributed by atoms with E-state index in [2.05, 4.69) is 0 Å². The molecular formula is C28H30N2O6S. The first-order valence-corrected chi connectivity index (χ1v) is 12.6. The van der Waals surface area contributed by atoms with E-state index in [1.807, 2.05) is 72.1 Å². The van der Waals surface area contributed by atoms with Gasteiger partial charge in [-0.1, -0.05) is 18.2 Å². The number of nitrogens with zero attached hydrogens (tertiary/aromatic N) is 2. The molecule has 8 nitrogen and oxygen atoms in total. The molecule has 0 atom stereocenters. The van der Waals surface area contributed by atoms with Crippen LogP contribution >= 0.6 is 11.3 Å². The summed E-state index contributed by atoms with van der Waals surface area (Å²) in [6.07, 6.45) is 0.657. The lowest BCUT2D eigenvalue weighted by molar-refractivity contribution is 0.104. The first-order chi connectivity index (χ1) is 17.9. The number of fused-ring (bicyclic) bond motifs is 1. The quantitative estimate of drug-likeness (QED) is 0.273. The molecule has 0 aliphatic carbocycles. The van der Waals surface area contributed by atoms with Crippen molar-refractivity contribution in [2.45, 2.75) is 20.0 Å². The number of carbonyl (C=O) groups is 1. The number of carbonyl (C=O) groups excluding carboxylic acids is 1. The van der Waals surface area contributed by atoms with Crippen molar-refractivity contribution in [2.24, 2.45) is 0 Å². The maximum atomic E-state index is 13.7. The predicted molar refractivity (Wildman–Crippen MR) is 145 cm³/mol. The van der Waals surface area contributed by atoms with Gasteiger partial charge in [-0.3, -0.25) is 4.79 Å². The summed E-state index contributed by atoms with van der Waals surface area (Å²) in [7, 11) is 7.15. The Morgan fingerprint density at radius 2 is 1.73 bits per heavy atom. The zero-order valence-electron chi connectivity index (χ0n) is 21.6. The zero-order chi connectivity index (χ0) is 26.5. The van der Waals surface area contributed by atoms with E-state index in [0.29, 0.717) is 18.5 Å². The summed E-state index contributed by atoms with van der Waals surface area (Å²) in [6.45, 7) is 2.75. The molecule has 0 bridgehead atoms. The van der Waals surface area contributed by atoms with Crippen LogP contribution in [0.5, 0.6) is 17.2 Å². The van der Waals surface area contributed by atoms with Gasteiger partial charge in [0.05, 0.1) is 39.0 Å². The molecule has 2 aromatic heterocycles. The second-order valence-corrected chi connectivity index (χ2v) is 9.60. The number of benzene rings is 2. The molecule has 0 saturated carbocycles. The van der Waals surface area contributed by atoms with Crippen LogP contribution in [0.2, 0.25) is 0 Å². The number of thiophene rings is 1. The van der Waals surface area contributed by atoms with Crippen LogP contribution in [0.3, 0.4) is 0 Å². The average molecular weight is 523 g/mol. The van der Waals surface area contributed by atoms with E-state index >= 15 is 0 Å². The highest BCUT2D eigenvalue weighted by Gasteiger charge is 2.23. The van der Waals surface area contributed by atoms with Crippen LogP contribution in [0.15, 0.2) is 59.5 Å². The molecule has 0 spiro atoms. The lowest BCUT2D eigenvalue weighted by Gasteiger charge is -2.14. The Morgan fingerprint density at radius 1 is 1.00 bits per heavy atom. The fourth-order valence-corrected chi connectivity index (χ4v) is 5.45. The topological polar surface area (TPSA) is 79.2 Å². The Balaban J connectivity index is 1.98. The maximum absolute atomic E-state index is 13.7. The van der Waals surface area contributed by atoms with Gasteiger partial charge in [-0.2, -0.15) is 0 Å². The first-order valence-electron chi connectivity index (χ1n) is 11.8. The van der Waals surface area contributed by atoms with Crippen molar-refractivity contribution >= 4 is 27.7 Å². The molecule has 9 heteroatoms. The summed E-state index contributed by atoms with van der Waals surface area (Å²) in [5.41, 5.74) is 2.40. The standard InChI is InChI=1S/C28H30N2O6S/c1-6-35-28(32)36-23-17-30(15-19-9-7-8-10-22(19)34-5)27-24(25(23)31)21(16-29(2)3)26(37-27)18-11-13-20(33-4)14-12-18/h7-14,17H,6,15-16H2,1-5H3. The molecule has 194 valence electrons. The van der Waals surface area contributed by atoms with Gasteiger partial charge in [-0.15, -0.1) is 11.3 Å². The third-order valence-electron chi connectivity index (χ3n) is 5.79. The summed E-state index contributed by atoms with van der Waals surface area (Å²) in [5.74, 6) is 1.39. The fraction of sp³-hybridized carbons (Fsp3) is 0.286. The largest absolute Gasteiger partial charge is 0.514 e. The van der Waals surface area contributed by atoms with Gasteiger partial charge in [0.2, 0.25) is 5.43 Å². The molecule has 2 heterocycles. The number of ether oxygens (including phenoxy) is 4. The first kappa shape index (κ1) is 26.2. The van der Waals surface area contributed by atoms with Crippen molar-refractivity contribution in [2.75, 3.05) is 34.9 Å². The van der Waals surface area contributed by atoms with E-state index in [9.17, 15) is 9.59 Å². The van der Waals surface area contributed by atoms with E-state index in [-0.39, 0.29) is 17.8 Å². The molecule has 0 aliphatic heterocycles. The van der Waals surface area contributed by atoms with Gasteiger partial charge >= 0.3 is 6.16 Å². The van der Waals surface area contributed by atoms with E-state index in [1.54, 1.807) is 27.3 Å². The molecular weight excluding hydrogens is 492 g/mol. The minimum absolute atomic E-state index is 0.0834. The smallest absolute Gasteiger partial charge is 0.497 e. The number of aromatic nitrogens is 1. The van der Waals surface area contributed by atoms with E-state index in [1.165, 1.54) is 11.3 Å². The number of hydrogen-bond donors (Lipinski definition) is 0. The minimum atomic E-state index is -0.914. The second kappa shape index (κ2) is 11.5. The fourth-order valence-electron chi connectivity index (χ4n) is 4.16. The highest BCUT2D eigenvalue weighted by molar-refractivity contribution is 7.22. The average Bonchev–Trinajstić information content (AvgIpc) is 3.26. The van der Waals surface area contributed by atoms with Crippen molar-refractivity contribution in [1.82, 2.24) is 9.47 Å². The zero-order valence-corrected chi connectivity index (χ0v) is 22.4. The van der Waals surface area contributed by atoms with E-state index in [0.717, 1.165) is 37.9 Å². The third kappa shape index (κ3) is 5.63. The highest BCUT2D eigenvalue weighted by Crippen LogP contribution is 2.40. The monoisotopic (exact) mass is 522 g/mol. The van der Waals surface area contributed by atoms with Crippen molar-refractivity contribution in [3.05, 3.63) is 76.1 Å². The molecule has 2 aromatic carbocycles. The summed E-state index contributed by atoms with van der Waals surface area (Å²) in [6, 6.07) is 15.4. The summed E-state index contributed by atoms with van der Waals surface area (Å²) >= 11 is 1.53. The van der Waals surface area contributed by atoms with Gasteiger partial charge in [0, 0.05) is 17.0 Å². The van der Waals surface area contributed by atoms with Crippen molar-refractivity contribution in [3.8, 4) is 27.7 Å². The number of methoxy groups -OCH3 is 2. The van der Waals surface area contributed by atoms with Crippen LogP contribution in [0.25, 0.3) is 20.7 Å². The summed E-state index contributed by atoms with van der Waals surface area (Å²) in [4.78, 5) is 29.7. The van der Waals surface area contributed by atoms with Gasteiger partial charge in [0.15, 0.2) is 5.75 Å². The summed E-state index contributed by atoms with van der Waals surface area (Å²) in [5, 5.41) is 0.515. The SMILES string of the molecule is CCOC(=O)Oc1cn(Cc2ccccc2OC)c2sc(-c3ccc(OC)cc3)c(CN(C)C)c2c1=O. The Hall–Kier alpha value is -3.82. The van der Waals surface area contributed by atoms with Crippen LogP contribution in [-0.2, 0) is 17.8 Å². The molecule has 4 aromatic rings. The highest BCUT2D eigenvalue weighted by atomic mass is 32.1. The number of hydrogen-bond acceptors (Lipinski definition) is 8. The van der Waals surface area contributed by atoms with Gasteiger partial charge < -0.3 is 28.4 Å². The Kier molecular flexibility index (Phi) is 8.15. The number of rotatable bonds is 9. The van der Waals surface area contributed by atoms with Gasteiger partial charge in [0.1, 0.15) is 16.3 Å². The molecule has 0 saturated heterocycles. The summed E-state index contributed by atoms with van der Waals surface area (Å²) < 4.78 is 23.1. The second-order valence-electron chi connectivity index (χ2n) is 8.60. The molecule has 0 radical (unpaired) electrons. The molecule has 4 rings (SSSR count). The maximum Gasteiger partial charge on any atom is 0.514 e. The molecule has 0 fully saturated rings. The van der Waals surface area contributed by atoms with Gasteiger partial charge in [-0.05, 0) is 62.5 Å². The molecule has 0 N–H and O–H groups in total. The normalized spacial score (nSPS) is 11.1. The van der Waals surface area contributed by atoms with Crippen LogP contribution in [-0.4, -0.2) is 50.5 Å². The van der Waals surface area contributed by atoms with Gasteiger partial charge in [0.25, 0.3) is 0 Å². The Morgan fingerprint density at radius 3 is 2.38 bits per heavy atom. The lowest BCUT2D eigenvalue weighted by atomic mass is 10.1. The molecule has 37 heavy (non-hydrogen) atoms. The number of para-hydroxylation sites is 1. The molecule has 0 aliphatic rings. The van der Waals surface area contributed by atoms with Crippen LogP contribution < -0.4 is 19.6 Å². The van der Waals surface area contributed by atoms with Crippen molar-refractivity contribution < 1.29 is 23.7 Å². The third-order valence-corrected chi connectivity index (χ3v) is 7.11. The number of pyridine rings is 1. The van der Waals surface area contributed by atoms with Crippen molar-refractivity contribution in [3.63, 3.8) is 0 Å². The minimum Gasteiger partial charge on any atom is -0.497 e. The molecule has 0 unspecified atom stereocenters. The Labute approximate surface area is 219 Å². The van der Waals surface area contributed by atoms with Crippen LogP contribution in [0, 0.1) is 0 Å². The van der Waals surface area contributed by atoms with Crippen LogP contribution in [0.4, 0.5) is 4.79 Å². The van der Waals surface area contributed by atoms with Crippen molar-refractivity contribution in [1.29, 1.82) is 0 Å². The van der Waals surface area contributed by atoms with E-state index < -0.39 is 6.16 Å². The predicted octanol–water partition coefficient (Wildman–Crippen LogP) is 5.39. The lowest BCUT2D eigenvalue weighted by Crippen LogP contribution is -2.19. The Bertz CT molecular complexity index is 1460.